The van der Waals surface area contributed by atoms with Crippen molar-refractivity contribution < 1.29 is 0 Å². The Morgan fingerprint density at radius 3 is 2.56 bits per heavy atom. The second-order valence-electron chi connectivity index (χ2n) is 9.84. The smallest absolute Gasteiger partial charge is 0.0585 e. The van der Waals surface area contributed by atoms with Crippen molar-refractivity contribution >= 4 is 59.4 Å². The number of halogens is 4. The van der Waals surface area contributed by atoms with Crippen LogP contribution in [0, 0.1) is 34.5 Å². The van der Waals surface area contributed by atoms with Gasteiger partial charge in [-0.25, -0.2) is 0 Å². The molecular weight excluding hydrogens is 527 g/mol. The summed E-state index contributed by atoms with van der Waals surface area (Å²) in [5.41, 5.74) is 2.33. The zero-order valence-corrected chi connectivity index (χ0v) is 21.1. The summed E-state index contributed by atoms with van der Waals surface area (Å²) in [7, 11) is 0. The van der Waals surface area contributed by atoms with Crippen LogP contribution >= 0.6 is 59.4 Å². The lowest BCUT2D eigenvalue weighted by Crippen LogP contribution is -2.59. The Hall–Kier alpha value is 1.47. The van der Waals surface area contributed by atoms with Gasteiger partial charge in [-0.2, -0.15) is 0 Å². The molecule has 3 unspecified atom stereocenters. The van der Waals surface area contributed by atoms with Gasteiger partial charge in [-0.15, -0.1) is 0 Å². The van der Waals surface area contributed by atoms with Gasteiger partial charge in [-0.05, 0) is 78.6 Å². The van der Waals surface area contributed by atoms with Gasteiger partial charge in [0.15, 0.2) is 0 Å². The Morgan fingerprint density at radius 2 is 1.88 bits per heavy atom. The lowest BCUT2D eigenvalue weighted by atomic mass is 9.44. The molecule has 0 radical (unpaired) electrons. The zero-order valence-electron chi connectivity index (χ0n) is 15.6. The Labute approximate surface area is 183 Å². The topological polar surface area (TPSA) is 0 Å². The van der Waals surface area contributed by atoms with Gasteiger partial charge in [0, 0.05) is 15.2 Å². The van der Waals surface area contributed by atoms with Crippen molar-refractivity contribution in [2.45, 2.75) is 74.9 Å². The largest absolute Gasteiger partial charge is 0.0909 e. The van der Waals surface area contributed by atoms with Gasteiger partial charge in [0.05, 0.1) is 4.32 Å². The normalized spacial score (nSPS) is 55.6. The average Bonchev–Trinajstić information content (AvgIpc) is 2.94. The van der Waals surface area contributed by atoms with Crippen LogP contribution in [0.4, 0.5) is 0 Å². The van der Waals surface area contributed by atoms with Crippen molar-refractivity contribution in [2.75, 3.05) is 5.33 Å². The lowest BCUT2D eigenvalue weighted by molar-refractivity contribution is -0.0588. The Morgan fingerprint density at radius 1 is 1.16 bits per heavy atom. The fourth-order valence-corrected chi connectivity index (χ4v) is 10.8. The summed E-state index contributed by atoms with van der Waals surface area (Å²) in [6.45, 7) is 7.61. The summed E-state index contributed by atoms with van der Waals surface area (Å²) >= 11 is 19.1. The molecule has 0 N–H and O–H groups in total. The summed E-state index contributed by atoms with van der Waals surface area (Å²) in [6.07, 6.45) is 9.36. The highest BCUT2D eigenvalue weighted by Gasteiger charge is 2.64. The van der Waals surface area contributed by atoms with E-state index in [1.54, 1.807) is 0 Å². The molecule has 4 aliphatic rings. The highest BCUT2D eigenvalue weighted by Crippen LogP contribution is 2.71. The highest BCUT2D eigenvalue weighted by molar-refractivity contribution is 9.12. The molecule has 4 heteroatoms. The minimum absolute atomic E-state index is 0.0300. The van der Waals surface area contributed by atoms with E-state index in [0.717, 1.165) is 34.5 Å². The molecule has 0 aliphatic heterocycles. The van der Waals surface area contributed by atoms with Crippen LogP contribution in [0.2, 0.25) is 0 Å². The molecule has 25 heavy (non-hydrogen) atoms. The Balaban J connectivity index is 1.86. The molecule has 3 saturated carbocycles. The molecule has 0 aromatic rings. The molecule has 0 spiro atoms. The second kappa shape index (κ2) is 6.49. The third-order valence-corrected chi connectivity index (χ3v) is 13.1. The first-order valence-corrected chi connectivity index (χ1v) is 13.2. The quantitative estimate of drug-likeness (QED) is 0.286. The number of allylic oxidation sites excluding steroid dienone is 2. The van der Waals surface area contributed by atoms with E-state index >= 15 is 0 Å². The summed E-state index contributed by atoms with van der Waals surface area (Å²) in [5, 5.41) is 2.09. The fraction of sp³-hybridized carbons (Fsp3) is 0.905. The first-order valence-electron chi connectivity index (χ1n) is 9.96. The number of hydrogen-bond donors (Lipinski definition) is 0. The molecular formula is C21H30Br3Cl. The number of rotatable bonds is 1. The van der Waals surface area contributed by atoms with Gasteiger partial charge in [0.25, 0.3) is 0 Å². The molecule has 0 aromatic carbocycles. The zero-order chi connectivity index (χ0) is 18.2. The standard InChI is InChI=1S/C21H30Br3Cl/c1-12-16(23)9-17(25)18-20(12,3)15-6-8-19(2)7-4-5-14(19)13(15)10-21(18,24)11-22/h12-16H,4-11H2,1-3H3/t12?,13-,14-,15+,16?,19-,20+,21?/m0/s1. The molecule has 4 rings (SSSR count). The number of alkyl halides is 3. The maximum Gasteiger partial charge on any atom is 0.0585 e. The van der Waals surface area contributed by atoms with E-state index in [9.17, 15) is 0 Å². The maximum absolute atomic E-state index is 6.97. The fourth-order valence-electron chi connectivity index (χ4n) is 7.50. The van der Waals surface area contributed by atoms with E-state index in [4.69, 9.17) is 11.6 Å². The van der Waals surface area contributed by atoms with E-state index in [1.165, 1.54) is 44.1 Å². The second-order valence-corrected chi connectivity index (χ2v) is 13.5. The summed E-state index contributed by atoms with van der Waals surface area (Å²) in [6, 6.07) is 0. The monoisotopic (exact) mass is 554 g/mol. The summed E-state index contributed by atoms with van der Waals surface area (Å²) in [5.74, 6) is 3.14. The Kier molecular flexibility index (Phi) is 5.13. The van der Waals surface area contributed by atoms with E-state index < -0.39 is 0 Å². The molecule has 0 amide bonds. The van der Waals surface area contributed by atoms with E-state index in [0.29, 0.717) is 16.2 Å². The van der Waals surface area contributed by atoms with Crippen molar-refractivity contribution in [1.29, 1.82) is 0 Å². The highest BCUT2D eigenvalue weighted by atomic mass is 79.9. The maximum atomic E-state index is 6.97. The minimum atomic E-state index is 0.0300. The predicted octanol–water partition coefficient (Wildman–Crippen LogP) is 8.05. The summed E-state index contributed by atoms with van der Waals surface area (Å²) < 4.78 is 0.0300. The van der Waals surface area contributed by atoms with Crippen molar-refractivity contribution in [3.63, 3.8) is 0 Å². The Bertz CT molecular complexity index is 604. The molecule has 0 saturated heterocycles. The average molecular weight is 558 g/mol. The molecule has 0 nitrogen and oxygen atoms in total. The van der Waals surface area contributed by atoms with E-state index in [1.807, 2.05) is 0 Å². The minimum Gasteiger partial charge on any atom is -0.0909 e. The third-order valence-electron chi connectivity index (χ3n) is 8.88. The van der Waals surface area contributed by atoms with Gasteiger partial charge in [-0.1, -0.05) is 86.6 Å². The van der Waals surface area contributed by atoms with Crippen LogP contribution in [0.15, 0.2) is 10.6 Å². The first kappa shape index (κ1) is 19.8. The van der Waals surface area contributed by atoms with Crippen molar-refractivity contribution in [1.82, 2.24) is 0 Å². The number of hydrogen-bond acceptors (Lipinski definition) is 0. The van der Waals surface area contributed by atoms with Crippen LogP contribution < -0.4 is 0 Å². The lowest BCUT2D eigenvalue weighted by Gasteiger charge is -2.64. The van der Waals surface area contributed by atoms with Crippen LogP contribution in [0.3, 0.4) is 0 Å². The van der Waals surface area contributed by atoms with Gasteiger partial charge in [0.2, 0.25) is 0 Å². The SMILES string of the molecule is CC1C(Br)CC(Cl)=C2C(Br)(CBr)C[C@@H]3[C@@H](CC[C@]4(C)CCC[C@@H]34)[C@]21C. The molecule has 4 aliphatic carbocycles. The molecule has 8 atom stereocenters. The summed E-state index contributed by atoms with van der Waals surface area (Å²) in [4.78, 5) is 0.497. The van der Waals surface area contributed by atoms with Crippen LogP contribution in [-0.2, 0) is 0 Å². The van der Waals surface area contributed by atoms with Crippen molar-refractivity contribution in [2.24, 2.45) is 34.5 Å². The molecule has 3 fully saturated rings. The van der Waals surface area contributed by atoms with Crippen LogP contribution in [0.5, 0.6) is 0 Å². The van der Waals surface area contributed by atoms with E-state index in [2.05, 4.69) is 68.6 Å². The molecule has 0 bridgehead atoms. The molecule has 0 aromatic heterocycles. The number of fused-ring (bicyclic) bond motifs is 5. The van der Waals surface area contributed by atoms with Crippen LogP contribution in [0.1, 0.15) is 65.7 Å². The van der Waals surface area contributed by atoms with Gasteiger partial charge in [0.1, 0.15) is 0 Å². The molecule has 0 heterocycles. The first-order chi connectivity index (χ1) is 11.7. The van der Waals surface area contributed by atoms with Crippen molar-refractivity contribution in [3.05, 3.63) is 10.6 Å². The van der Waals surface area contributed by atoms with Gasteiger partial charge in [-0.3, -0.25) is 0 Å². The van der Waals surface area contributed by atoms with Gasteiger partial charge < -0.3 is 0 Å². The van der Waals surface area contributed by atoms with Crippen LogP contribution in [-0.4, -0.2) is 14.5 Å². The van der Waals surface area contributed by atoms with Crippen LogP contribution in [0.25, 0.3) is 0 Å². The van der Waals surface area contributed by atoms with E-state index in [-0.39, 0.29) is 9.74 Å². The predicted molar refractivity (Wildman–Crippen MR) is 119 cm³/mol. The van der Waals surface area contributed by atoms with Gasteiger partial charge >= 0.3 is 0 Å². The third kappa shape index (κ3) is 2.67. The van der Waals surface area contributed by atoms with Crippen molar-refractivity contribution in [3.8, 4) is 0 Å². The molecule has 142 valence electrons.